The molecule has 4 rings (SSSR count). The Kier molecular flexibility index (Phi) is 5.09. The van der Waals surface area contributed by atoms with Crippen molar-refractivity contribution in [3.63, 3.8) is 0 Å². The summed E-state index contributed by atoms with van der Waals surface area (Å²) in [6.07, 6.45) is 4.37. The van der Waals surface area contributed by atoms with E-state index in [1.807, 2.05) is 48.5 Å². The molecule has 150 valence electrons. The summed E-state index contributed by atoms with van der Waals surface area (Å²) < 4.78 is 0. The summed E-state index contributed by atoms with van der Waals surface area (Å²) in [4.78, 5) is 38.7. The van der Waals surface area contributed by atoms with Crippen molar-refractivity contribution >= 4 is 23.5 Å². The van der Waals surface area contributed by atoms with Crippen LogP contribution in [0.4, 0.5) is 10.5 Å². The van der Waals surface area contributed by atoms with Crippen LogP contribution in [0.3, 0.4) is 0 Å². The Bertz CT molecular complexity index is 957. The number of aryl methyl sites for hydroxylation is 3. The van der Waals surface area contributed by atoms with Crippen molar-refractivity contribution in [2.24, 2.45) is 0 Å². The molecule has 1 aliphatic heterocycles. The Morgan fingerprint density at radius 2 is 1.86 bits per heavy atom. The van der Waals surface area contributed by atoms with Crippen LogP contribution in [0.25, 0.3) is 0 Å². The van der Waals surface area contributed by atoms with Crippen LogP contribution < -0.4 is 10.6 Å². The van der Waals surface area contributed by atoms with E-state index in [1.165, 1.54) is 11.1 Å². The number of imide groups is 1. The lowest BCUT2D eigenvalue weighted by molar-refractivity contribution is -0.133. The fourth-order valence-electron chi connectivity index (χ4n) is 4.09. The minimum absolute atomic E-state index is 0.289. The molecule has 6 heteroatoms. The van der Waals surface area contributed by atoms with Gasteiger partial charge in [0.25, 0.3) is 5.91 Å². The second kappa shape index (κ2) is 7.70. The predicted octanol–water partition coefficient (Wildman–Crippen LogP) is 3.06. The van der Waals surface area contributed by atoms with Gasteiger partial charge in [0.15, 0.2) is 0 Å². The number of carbonyl (C=O) groups excluding carboxylic acids is 3. The molecular weight excluding hydrogens is 366 g/mol. The fraction of sp³-hybridized carbons (Fsp3) is 0.348. The third-order valence-corrected chi connectivity index (χ3v) is 5.79. The SMILES string of the molecule is C[C@]1(CCc2ccccc2)NC(=O)N(CC(=O)Nc2ccc3c(c2)CCC3)C1=O. The molecule has 0 radical (unpaired) electrons. The first-order chi connectivity index (χ1) is 13.9. The molecule has 1 aliphatic carbocycles. The second-order valence-corrected chi connectivity index (χ2v) is 8.02. The molecule has 1 atom stereocenters. The lowest BCUT2D eigenvalue weighted by atomic mass is 9.93. The van der Waals surface area contributed by atoms with E-state index in [0.29, 0.717) is 18.5 Å². The van der Waals surface area contributed by atoms with Gasteiger partial charge in [-0.1, -0.05) is 36.4 Å². The Morgan fingerprint density at radius 3 is 2.66 bits per heavy atom. The van der Waals surface area contributed by atoms with Gasteiger partial charge in [0.2, 0.25) is 5.91 Å². The van der Waals surface area contributed by atoms with Gasteiger partial charge in [-0.3, -0.25) is 14.5 Å². The van der Waals surface area contributed by atoms with Crippen molar-refractivity contribution in [1.82, 2.24) is 10.2 Å². The summed E-state index contributed by atoms with van der Waals surface area (Å²) in [6, 6.07) is 15.2. The summed E-state index contributed by atoms with van der Waals surface area (Å²) in [5.74, 6) is -0.735. The molecule has 6 nitrogen and oxygen atoms in total. The highest BCUT2D eigenvalue weighted by Gasteiger charge is 2.47. The van der Waals surface area contributed by atoms with Crippen molar-refractivity contribution in [2.45, 2.75) is 44.6 Å². The van der Waals surface area contributed by atoms with Crippen molar-refractivity contribution in [1.29, 1.82) is 0 Å². The maximum absolute atomic E-state index is 12.9. The maximum atomic E-state index is 12.9. The third kappa shape index (κ3) is 4.01. The molecule has 29 heavy (non-hydrogen) atoms. The zero-order chi connectivity index (χ0) is 20.4. The van der Waals surface area contributed by atoms with E-state index in [2.05, 4.69) is 10.6 Å². The van der Waals surface area contributed by atoms with Crippen LogP contribution in [0.1, 0.15) is 36.5 Å². The van der Waals surface area contributed by atoms with E-state index in [1.54, 1.807) is 6.92 Å². The zero-order valence-electron chi connectivity index (χ0n) is 16.5. The fourth-order valence-corrected chi connectivity index (χ4v) is 4.09. The molecule has 1 saturated heterocycles. The molecule has 0 spiro atoms. The number of hydrogen-bond acceptors (Lipinski definition) is 3. The minimum Gasteiger partial charge on any atom is -0.325 e. The number of anilines is 1. The number of urea groups is 1. The van der Waals surface area contributed by atoms with Gasteiger partial charge in [-0.2, -0.15) is 0 Å². The standard InChI is InChI=1S/C23H25N3O3/c1-23(13-12-16-6-3-2-4-7-16)21(28)26(22(29)25-23)15-20(27)24-19-11-10-17-8-5-9-18(17)14-19/h2-4,6-7,10-11,14H,5,8-9,12-13,15H2,1H3,(H,24,27)(H,25,29)/t23-/m1/s1. The summed E-state index contributed by atoms with van der Waals surface area (Å²) in [7, 11) is 0. The molecule has 0 bridgehead atoms. The van der Waals surface area contributed by atoms with Gasteiger partial charge < -0.3 is 10.6 Å². The number of nitrogens with one attached hydrogen (secondary N) is 2. The quantitative estimate of drug-likeness (QED) is 0.743. The highest BCUT2D eigenvalue weighted by atomic mass is 16.2. The lowest BCUT2D eigenvalue weighted by Crippen LogP contribution is -2.45. The van der Waals surface area contributed by atoms with Gasteiger partial charge in [0, 0.05) is 5.69 Å². The van der Waals surface area contributed by atoms with Gasteiger partial charge in [0.05, 0.1) is 0 Å². The summed E-state index contributed by atoms with van der Waals surface area (Å²) in [6.45, 7) is 1.43. The van der Waals surface area contributed by atoms with Crippen molar-refractivity contribution in [2.75, 3.05) is 11.9 Å². The Morgan fingerprint density at radius 1 is 1.10 bits per heavy atom. The van der Waals surface area contributed by atoms with Crippen molar-refractivity contribution in [3.05, 3.63) is 65.2 Å². The van der Waals surface area contributed by atoms with Crippen LogP contribution in [0, 0.1) is 0 Å². The van der Waals surface area contributed by atoms with E-state index in [4.69, 9.17) is 0 Å². The van der Waals surface area contributed by atoms with Crippen molar-refractivity contribution in [3.8, 4) is 0 Å². The smallest absolute Gasteiger partial charge is 0.325 e. The Hall–Kier alpha value is -3.15. The Labute approximate surface area is 170 Å². The van der Waals surface area contributed by atoms with Crippen LogP contribution >= 0.6 is 0 Å². The molecule has 2 aliphatic rings. The summed E-state index contributed by atoms with van der Waals surface area (Å²) in [5.41, 5.74) is 3.39. The third-order valence-electron chi connectivity index (χ3n) is 5.79. The maximum Gasteiger partial charge on any atom is 0.325 e. The molecule has 0 unspecified atom stereocenters. The molecular formula is C23H25N3O3. The van der Waals surface area contributed by atoms with E-state index in [-0.39, 0.29) is 18.4 Å². The first-order valence-corrected chi connectivity index (χ1v) is 10.0. The number of hydrogen-bond donors (Lipinski definition) is 2. The number of rotatable bonds is 6. The van der Waals surface area contributed by atoms with Gasteiger partial charge in [0.1, 0.15) is 12.1 Å². The first-order valence-electron chi connectivity index (χ1n) is 10.0. The molecule has 2 N–H and O–H groups in total. The van der Waals surface area contributed by atoms with Gasteiger partial charge in [-0.15, -0.1) is 0 Å². The summed E-state index contributed by atoms with van der Waals surface area (Å²) in [5, 5.41) is 5.57. The largest absolute Gasteiger partial charge is 0.325 e. The van der Waals surface area contributed by atoms with Crippen LogP contribution in [-0.2, 0) is 28.9 Å². The molecule has 1 heterocycles. The first kappa shape index (κ1) is 19.2. The van der Waals surface area contributed by atoms with Crippen LogP contribution in [0.5, 0.6) is 0 Å². The number of carbonyl (C=O) groups is 3. The molecule has 1 fully saturated rings. The second-order valence-electron chi connectivity index (χ2n) is 8.02. The normalized spacial score (nSPS) is 20.5. The predicted molar refractivity (Wildman–Crippen MR) is 111 cm³/mol. The monoisotopic (exact) mass is 391 g/mol. The van der Waals surface area contributed by atoms with E-state index in [0.717, 1.165) is 29.7 Å². The van der Waals surface area contributed by atoms with E-state index >= 15 is 0 Å². The minimum atomic E-state index is -0.999. The van der Waals surface area contributed by atoms with Crippen LogP contribution in [-0.4, -0.2) is 34.8 Å². The lowest BCUT2D eigenvalue weighted by Gasteiger charge is -2.21. The topological polar surface area (TPSA) is 78.5 Å². The van der Waals surface area contributed by atoms with Crippen molar-refractivity contribution < 1.29 is 14.4 Å². The number of fused-ring (bicyclic) bond motifs is 1. The number of nitrogens with zero attached hydrogens (tertiary/aromatic N) is 1. The van der Waals surface area contributed by atoms with Gasteiger partial charge >= 0.3 is 6.03 Å². The molecule has 4 amide bonds. The van der Waals surface area contributed by atoms with Gasteiger partial charge in [-0.05, 0) is 67.9 Å². The Balaban J connectivity index is 1.37. The number of amides is 4. The van der Waals surface area contributed by atoms with E-state index < -0.39 is 11.6 Å². The molecule has 0 saturated carbocycles. The highest BCUT2D eigenvalue weighted by molar-refractivity contribution is 6.09. The average Bonchev–Trinajstić information content (AvgIpc) is 3.25. The molecule has 2 aromatic carbocycles. The van der Waals surface area contributed by atoms with Gasteiger partial charge in [-0.25, -0.2) is 4.79 Å². The zero-order valence-corrected chi connectivity index (χ0v) is 16.5. The highest BCUT2D eigenvalue weighted by Crippen LogP contribution is 2.26. The molecule has 0 aromatic heterocycles. The molecule has 2 aromatic rings. The van der Waals surface area contributed by atoms with Crippen LogP contribution in [0.15, 0.2) is 48.5 Å². The average molecular weight is 391 g/mol. The summed E-state index contributed by atoms with van der Waals surface area (Å²) >= 11 is 0. The van der Waals surface area contributed by atoms with Crippen LogP contribution in [0.2, 0.25) is 0 Å². The van der Waals surface area contributed by atoms with E-state index in [9.17, 15) is 14.4 Å². The number of benzene rings is 2.